The average Bonchev–Trinajstić information content (AvgIpc) is 3.45. The summed E-state index contributed by atoms with van der Waals surface area (Å²) in [7, 11) is 0. The molecule has 6 nitrogen and oxygen atoms in total. The van der Waals surface area contributed by atoms with Crippen molar-refractivity contribution in [3.8, 4) is 0 Å². The first-order valence-electron chi connectivity index (χ1n) is 33.7. The lowest BCUT2D eigenvalue weighted by molar-refractivity contribution is -0.167. The number of carbonyl (C=O) groups is 3. The molecule has 0 saturated heterocycles. The van der Waals surface area contributed by atoms with Gasteiger partial charge in [0.15, 0.2) is 6.10 Å². The molecule has 79 heavy (non-hydrogen) atoms. The van der Waals surface area contributed by atoms with Crippen LogP contribution in [0.4, 0.5) is 0 Å². The molecular formula is C73H126O6. The Bertz CT molecular complexity index is 1540. The van der Waals surface area contributed by atoms with Gasteiger partial charge in [0.25, 0.3) is 0 Å². The normalized spacial score (nSPS) is 12.7. The first-order chi connectivity index (χ1) is 39.0. The maximum atomic E-state index is 12.9. The van der Waals surface area contributed by atoms with Gasteiger partial charge in [0.05, 0.1) is 0 Å². The Balaban J connectivity index is 4.36. The Morgan fingerprint density at radius 3 is 0.772 bits per heavy atom. The summed E-state index contributed by atoms with van der Waals surface area (Å²) in [5.41, 5.74) is 0. The molecule has 6 heteroatoms. The van der Waals surface area contributed by atoms with Crippen molar-refractivity contribution < 1.29 is 28.6 Å². The van der Waals surface area contributed by atoms with Crippen LogP contribution >= 0.6 is 0 Å². The molecule has 0 aliphatic rings. The molecule has 454 valence electrons. The highest BCUT2D eigenvalue weighted by Gasteiger charge is 2.19. The Labute approximate surface area is 489 Å². The molecule has 0 spiro atoms. The first kappa shape index (κ1) is 75.3. The molecule has 0 rings (SSSR count). The number of carbonyl (C=O) groups excluding carboxylic acids is 3. The van der Waals surface area contributed by atoms with Crippen LogP contribution in [0.25, 0.3) is 0 Å². The summed E-state index contributed by atoms with van der Waals surface area (Å²) in [6, 6.07) is 0. The predicted octanol–water partition coefficient (Wildman–Crippen LogP) is 23.2. The molecular weight excluding hydrogens is 973 g/mol. The number of rotatable bonds is 61. The molecule has 0 aromatic rings. The summed E-state index contributed by atoms with van der Waals surface area (Å²) in [6.45, 7) is 6.42. The van der Waals surface area contributed by atoms with Crippen LogP contribution in [0.2, 0.25) is 0 Å². The molecule has 0 fully saturated rings. The van der Waals surface area contributed by atoms with Crippen LogP contribution in [0.3, 0.4) is 0 Å². The number of unbranched alkanes of at least 4 members (excludes halogenated alkanes) is 34. The van der Waals surface area contributed by atoms with Gasteiger partial charge in [-0.2, -0.15) is 0 Å². The third kappa shape index (κ3) is 65.0. The molecule has 0 saturated carbocycles. The van der Waals surface area contributed by atoms with Gasteiger partial charge in [-0.3, -0.25) is 14.4 Å². The van der Waals surface area contributed by atoms with E-state index in [4.69, 9.17) is 14.2 Å². The van der Waals surface area contributed by atoms with Gasteiger partial charge in [0.1, 0.15) is 13.2 Å². The topological polar surface area (TPSA) is 78.9 Å². The van der Waals surface area contributed by atoms with E-state index < -0.39 is 6.10 Å². The van der Waals surface area contributed by atoms with Gasteiger partial charge >= 0.3 is 17.9 Å². The van der Waals surface area contributed by atoms with E-state index in [0.717, 1.165) is 135 Å². The minimum atomic E-state index is -0.797. The van der Waals surface area contributed by atoms with Crippen LogP contribution in [0.15, 0.2) is 97.2 Å². The quantitative estimate of drug-likeness (QED) is 0.0261. The van der Waals surface area contributed by atoms with Gasteiger partial charge in [-0.15, -0.1) is 0 Å². The highest BCUT2D eigenvalue weighted by molar-refractivity contribution is 5.71. The summed E-state index contributed by atoms with van der Waals surface area (Å²) in [5, 5.41) is 0. The van der Waals surface area contributed by atoms with E-state index in [-0.39, 0.29) is 31.1 Å². The summed E-state index contributed by atoms with van der Waals surface area (Å²) in [6.07, 6.45) is 90.0. The van der Waals surface area contributed by atoms with Crippen molar-refractivity contribution in [1.82, 2.24) is 0 Å². The molecule has 0 N–H and O–H groups in total. The minimum absolute atomic E-state index is 0.0894. The molecule has 0 aliphatic heterocycles. The van der Waals surface area contributed by atoms with Crippen LogP contribution in [-0.2, 0) is 28.6 Å². The van der Waals surface area contributed by atoms with Crippen molar-refractivity contribution in [2.75, 3.05) is 13.2 Å². The van der Waals surface area contributed by atoms with Gasteiger partial charge in [-0.05, 0) is 96.3 Å². The fourth-order valence-corrected chi connectivity index (χ4v) is 9.60. The summed E-state index contributed by atoms with van der Waals surface area (Å²) in [4.78, 5) is 38.4. The molecule has 0 radical (unpaired) electrons. The zero-order valence-corrected chi connectivity index (χ0v) is 52.1. The lowest BCUT2D eigenvalue weighted by Gasteiger charge is -2.18. The van der Waals surface area contributed by atoms with Crippen LogP contribution < -0.4 is 0 Å². The van der Waals surface area contributed by atoms with E-state index in [2.05, 4.69) is 118 Å². The van der Waals surface area contributed by atoms with E-state index in [1.807, 2.05) is 0 Å². The van der Waals surface area contributed by atoms with Crippen LogP contribution in [-0.4, -0.2) is 37.2 Å². The number of hydrogen-bond donors (Lipinski definition) is 0. The van der Waals surface area contributed by atoms with E-state index >= 15 is 0 Å². The van der Waals surface area contributed by atoms with E-state index in [1.54, 1.807) is 0 Å². The van der Waals surface area contributed by atoms with Crippen molar-refractivity contribution in [3.05, 3.63) is 97.2 Å². The number of ether oxygens (including phenoxy) is 3. The van der Waals surface area contributed by atoms with Crippen LogP contribution in [0, 0.1) is 0 Å². The Morgan fingerprint density at radius 1 is 0.266 bits per heavy atom. The third-order valence-electron chi connectivity index (χ3n) is 14.6. The zero-order chi connectivity index (χ0) is 57.1. The predicted molar refractivity (Wildman–Crippen MR) is 344 cm³/mol. The second kappa shape index (κ2) is 66.8. The highest BCUT2D eigenvalue weighted by atomic mass is 16.6. The molecule has 0 aromatic heterocycles. The van der Waals surface area contributed by atoms with Crippen LogP contribution in [0.5, 0.6) is 0 Å². The smallest absolute Gasteiger partial charge is 0.306 e. The standard InChI is InChI=1S/C73H126O6/c1-4-7-10-13-16-19-22-25-28-31-33-34-35-36-37-38-40-42-45-48-51-54-57-60-63-66-72(75)78-69-70(68-77-71(74)65-62-59-56-53-50-47-44-41-30-27-24-21-18-15-12-9-6-3)79-73(76)67-64-61-58-55-52-49-46-43-39-32-29-26-23-20-17-14-11-8-5-2/h8-9,11-12,17-18,20-21,26-27,29-30,39,43-44,47,70H,4-7,10,13-16,19,22-25,28,31-38,40-42,45-46,48-69H2,1-3H3/b11-8-,12-9-,20-17-,21-18-,29-26-,30-27-,43-39-,47-44-. The highest BCUT2D eigenvalue weighted by Crippen LogP contribution is 2.17. The van der Waals surface area contributed by atoms with Crippen molar-refractivity contribution in [2.45, 2.75) is 335 Å². The zero-order valence-electron chi connectivity index (χ0n) is 52.1. The molecule has 0 aliphatic carbocycles. The van der Waals surface area contributed by atoms with E-state index in [1.165, 1.54) is 154 Å². The molecule has 0 bridgehead atoms. The maximum absolute atomic E-state index is 12.9. The summed E-state index contributed by atoms with van der Waals surface area (Å²) in [5.74, 6) is -0.914. The number of allylic oxidation sites excluding steroid dienone is 16. The average molecular weight is 1100 g/mol. The largest absolute Gasteiger partial charge is 0.462 e. The Hall–Kier alpha value is -3.67. The first-order valence-corrected chi connectivity index (χ1v) is 33.7. The fourth-order valence-electron chi connectivity index (χ4n) is 9.60. The van der Waals surface area contributed by atoms with Gasteiger partial charge in [0, 0.05) is 19.3 Å². The van der Waals surface area contributed by atoms with Gasteiger partial charge in [0.2, 0.25) is 0 Å². The number of esters is 3. The second-order valence-electron chi connectivity index (χ2n) is 22.3. The Kier molecular flexibility index (Phi) is 63.7. The fraction of sp³-hybridized carbons (Fsp3) is 0.740. The Morgan fingerprint density at radius 2 is 0.494 bits per heavy atom. The van der Waals surface area contributed by atoms with Crippen molar-refractivity contribution in [2.24, 2.45) is 0 Å². The monoisotopic (exact) mass is 1100 g/mol. The molecule has 1 unspecified atom stereocenters. The van der Waals surface area contributed by atoms with Crippen LogP contribution in [0.1, 0.15) is 329 Å². The lowest BCUT2D eigenvalue weighted by Crippen LogP contribution is -2.30. The van der Waals surface area contributed by atoms with Gasteiger partial charge in [-0.25, -0.2) is 0 Å². The van der Waals surface area contributed by atoms with Gasteiger partial charge < -0.3 is 14.2 Å². The second-order valence-corrected chi connectivity index (χ2v) is 22.3. The SMILES string of the molecule is CC/C=C\C/C=C\C/C=C\C/C=C\CCCCCCCCC(=O)OC(COC(=O)CCCCCC/C=C\C/C=C\C/C=C\C/C=C\CC)COC(=O)CCCCCCCCCCCCCCCCCCCCCCCCCCC. The number of hydrogen-bond acceptors (Lipinski definition) is 6. The molecule has 1 atom stereocenters. The van der Waals surface area contributed by atoms with Gasteiger partial charge in [-0.1, -0.05) is 311 Å². The summed E-state index contributed by atoms with van der Waals surface area (Å²) >= 11 is 0. The van der Waals surface area contributed by atoms with Crippen molar-refractivity contribution in [3.63, 3.8) is 0 Å². The summed E-state index contributed by atoms with van der Waals surface area (Å²) < 4.78 is 16.9. The third-order valence-corrected chi connectivity index (χ3v) is 14.6. The minimum Gasteiger partial charge on any atom is -0.462 e. The van der Waals surface area contributed by atoms with Crippen molar-refractivity contribution >= 4 is 17.9 Å². The molecule has 0 amide bonds. The maximum Gasteiger partial charge on any atom is 0.306 e. The molecule has 0 aromatic carbocycles. The lowest BCUT2D eigenvalue weighted by atomic mass is 10.0. The van der Waals surface area contributed by atoms with E-state index in [9.17, 15) is 14.4 Å². The van der Waals surface area contributed by atoms with Crippen molar-refractivity contribution in [1.29, 1.82) is 0 Å². The van der Waals surface area contributed by atoms with E-state index in [0.29, 0.717) is 19.3 Å². The molecule has 0 heterocycles.